The molecule has 0 spiro atoms. The van der Waals surface area contributed by atoms with Gasteiger partial charge in [0.25, 0.3) is 5.91 Å². The summed E-state index contributed by atoms with van der Waals surface area (Å²) < 4.78 is 1.32. The van der Waals surface area contributed by atoms with Crippen LogP contribution in [0.3, 0.4) is 0 Å². The van der Waals surface area contributed by atoms with E-state index in [1.807, 2.05) is 53.5 Å². The van der Waals surface area contributed by atoms with Gasteiger partial charge in [-0.2, -0.15) is 0 Å². The van der Waals surface area contributed by atoms with E-state index < -0.39 is 0 Å². The largest absolute Gasteiger partial charge is 0.309 e. The molecule has 0 bridgehead atoms. The molecule has 146 valence electrons. The molecular weight excluding hydrogens is 364 g/mol. The van der Waals surface area contributed by atoms with E-state index in [2.05, 4.69) is 35.4 Å². The zero-order valence-corrected chi connectivity index (χ0v) is 17.5. The first-order valence-corrected chi connectivity index (χ1v) is 11.2. The van der Waals surface area contributed by atoms with Crippen molar-refractivity contribution >= 4 is 33.0 Å². The van der Waals surface area contributed by atoms with Crippen molar-refractivity contribution in [1.82, 2.24) is 4.90 Å². The molecule has 4 heteroatoms. The molecule has 0 unspecified atom stereocenters. The Balaban J connectivity index is 1.64. The average Bonchev–Trinajstić information content (AvgIpc) is 3.18. The van der Waals surface area contributed by atoms with Crippen LogP contribution in [-0.4, -0.2) is 37.0 Å². The molecule has 0 radical (unpaired) electrons. The lowest BCUT2D eigenvalue weighted by molar-refractivity contribution is 0.0988. The first kappa shape index (κ1) is 19.2. The molecule has 3 nitrogen and oxygen atoms in total. The number of piperidine rings is 1. The van der Waals surface area contributed by atoms with Gasteiger partial charge in [-0.05, 0) is 92.0 Å². The number of benzene rings is 2. The summed E-state index contributed by atoms with van der Waals surface area (Å²) in [5.41, 5.74) is 3.21. The van der Waals surface area contributed by atoms with Crippen molar-refractivity contribution in [2.24, 2.45) is 0 Å². The first-order valence-electron chi connectivity index (χ1n) is 10.3. The van der Waals surface area contributed by atoms with Gasteiger partial charge in [-0.25, -0.2) is 0 Å². The molecule has 0 saturated carbocycles. The molecule has 0 N–H and O–H groups in total. The Bertz CT molecular complexity index is 942. The molecular formula is C24H28N2OS. The minimum absolute atomic E-state index is 0.0653. The number of hydrogen-bond acceptors (Lipinski definition) is 3. The number of thiophene rings is 1. The van der Waals surface area contributed by atoms with Gasteiger partial charge in [0.05, 0.1) is 0 Å². The lowest BCUT2D eigenvalue weighted by atomic mass is 9.89. The molecule has 1 aliphatic heterocycles. The van der Waals surface area contributed by atoms with E-state index in [0.29, 0.717) is 12.5 Å². The first-order chi connectivity index (χ1) is 13.7. The van der Waals surface area contributed by atoms with E-state index in [9.17, 15) is 4.79 Å². The van der Waals surface area contributed by atoms with Crippen molar-refractivity contribution in [2.45, 2.75) is 32.6 Å². The van der Waals surface area contributed by atoms with Crippen molar-refractivity contribution in [3.8, 4) is 0 Å². The van der Waals surface area contributed by atoms with Gasteiger partial charge >= 0.3 is 0 Å². The van der Waals surface area contributed by atoms with Crippen molar-refractivity contribution in [3.63, 3.8) is 0 Å². The second kappa shape index (κ2) is 8.46. The molecule has 0 aliphatic carbocycles. The van der Waals surface area contributed by atoms with Gasteiger partial charge < -0.3 is 9.80 Å². The molecule has 1 aliphatic rings. The minimum Gasteiger partial charge on any atom is -0.309 e. The summed E-state index contributed by atoms with van der Waals surface area (Å²) in [5.74, 6) is 0.696. The highest BCUT2D eigenvalue weighted by Gasteiger charge is 2.23. The third kappa shape index (κ3) is 3.71. The van der Waals surface area contributed by atoms with E-state index in [1.165, 1.54) is 41.6 Å². The van der Waals surface area contributed by atoms with Crippen molar-refractivity contribution in [3.05, 3.63) is 65.0 Å². The number of nitrogens with zero attached hydrogens (tertiary/aromatic N) is 2. The molecule has 1 fully saturated rings. The summed E-state index contributed by atoms with van der Waals surface area (Å²) in [6.07, 6.45) is 2.45. The number of carbonyl (C=O) groups is 1. The van der Waals surface area contributed by atoms with Crippen LogP contribution >= 0.6 is 11.3 Å². The minimum atomic E-state index is 0.0653. The summed E-state index contributed by atoms with van der Waals surface area (Å²) in [5, 5.41) is 3.67. The van der Waals surface area contributed by atoms with Crippen LogP contribution in [0.4, 0.5) is 5.69 Å². The molecule has 28 heavy (non-hydrogen) atoms. The Kier molecular flexibility index (Phi) is 5.79. The third-order valence-electron chi connectivity index (χ3n) is 5.96. The molecule has 1 saturated heterocycles. The van der Waals surface area contributed by atoms with Gasteiger partial charge in [0.2, 0.25) is 0 Å². The smallest absolute Gasteiger partial charge is 0.258 e. The Labute approximate surface area is 171 Å². The molecule has 1 aromatic heterocycles. The van der Waals surface area contributed by atoms with Crippen LogP contribution in [0.25, 0.3) is 10.1 Å². The van der Waals surface area contributed by atoms with Gasteiger partial charge in [0.15, 0.2) is 0 Å². The van der Waals surface area contributed by atoms with E-state index in [1.54, 1.807) is 0 Å². The van der Waals surface area contributed by atoms with Gasteiger partial charge in [0.1, 0.15) is 0 Å². The fourth-order valence-electron chi connectivity index (χ4n) is 4.26. The number of rotatable bonds is 5. The summed E-state index contributed by atoms with van der Waals surface area (Å²) in [6.45, 7) is 8.47. The molecule has 2 aromatic carbocycles. The molecule has 2 heterocycles. The van der Waals surface area contributed by atoms with Crippen LogP contribution in [0.2, 0.25) is 0 Å². The highest BCUT2D eigenvalue weighted by molar-refractivity contribution is 7.17. The van der Waals surface area contributed by atoms with E-state index >= 15 is 0 Å². The Morgan fingerprint density at radius 2 is 1.86 bits per heavy atom. The highest BCUT2D eigenvalue weighted by Crippen LogP contribution is 2.38. The maximum absolute atomic E-state index is 13.0. The van der Waals surface area contributed by atoms with Gasteiger partial charge in [-0.15, -0.1) is 11.3 Å². The van der Waals surface area contributed by atoms with Crippen molar-refractivity contribution < 1.29 is 4.79 Å². The maximum atomic E-state index is 13.0. The normalized spacial score (nSPS) is 15.8. The summed E-state index contributed by atoms with van der Waals surface area (Å²) >= 11 is 1.83. The highest BCUT2D eigenvalue weighted by atomic mass is 32.1. The molecule has 4 rings (SSSR count). The van der Waals surface area contributed by atoms with E-state index in [0.717, 1.165) is 17.8 Å². The summed E-state index contributed by atoms with van der Waals surface area (Å²) in [7, 11) is 0. The van der Waals surface area contributed by atoms with Crippen LogP contribution in [0.15, 0.2) is 53.9 Å². The van der Waals surface area contributed by atoms with Gasteiger partial charge in [0, 0.05) is 22.5 Å². The van der Waals surface area contributed by atoms with Crippen LogP contribution in [0, 0.1) is 0 Å². The number of fused-ring (bicyclic) bond motifs is 1. The predicted octanol–water partition coefficient (Wildman–Crippen LogP) is 5.77. The fraction of sp³-hybridized carbons (Fsp3) is 0.375. The fourth-order valence-corrected chi connectivity index (χ4v) is 5.28. The zero-order valence-electron chi connectivity index (χ0n) is 16.7. The Morgan fingerprint density at radius 3 is 2.54 bits per heavy atom. The van der Waals surface area contributed by atoms with Gasteiger partial charge in [-0.3, -0.25) is 4.79 Å². The maximum Gasteiger partial charge on any atom is 0.258 e. The second-order valence-electron chi connectivity index (χ2n) is 7.50. The Hall–Kier alpha value is -2.17. The lowest BCUT2D eigenvalue weighted by Gasteiger charge is -2.31. The summed E-state index contributed by atoms with van der Waals surface area (Å²) in [6, 6.07) is 16.1. The van der Waals surface area contributed by atoms with E-state index in [-0.39, 0.29) is 5.91 Å². The Morgan fingerprint density at radius 1 is 1.11 bits per heavy atom. The third-order valence-corrected chi connectivity index (χ3v) is 6.94. The number of amides is 1. The molecule has 1 amide bonds. The van der Waals surface area contributed by atoms with Crippen LogP contribution < -0.4 is 4.90 Å². The number of carbonyl (C=O) groups excluding carboxylic acids is 1. The standard InChI is InChI=1S/C24H28N2OS/c1-3-25-14-12-18(13-15-25)22-17-28-23-11-10-20(16-21(22)23)26(4-2)24(27)19-8-6-5-7-9-19/h5-11,16-18H,3-4,12-15H2,1-2H3. The van der Waals surface area contributed by atoms with Crippen LogP contribution in [0.1, 0.15) is 48.5 Å². The number of anilines is 1. The number of likely N-dealkylation sites (tertiary alicyclic amines) is 1. The second-order valence-corrected chi connectivity index (χ2v) is 8.41. The SMILES string of the molecule is CCN1CCC(c2csc3ccc(N(CC)C(=O)c4ccccc4)cc23)CC1. The van der Waals surface area contributed by atoms with Crippen LogP contribution in [0.5, 0.6) is 0 Å². The van der Waals surface area contributed by atoms with Gasteiger partial charge in [-0.1, -0.05) is 25.1 Å². The summed E-state index contributed by atoms with van der Waals surface area (Å²) in [4.78, 5) is 17.4. The molecule has 0 atom stereocenters. The quantitative estimate of drug-likeness (QED) is 0.550. The number of hydrogen-bond donors (Lipinski definition) is 0. The molecule has 3 aromatic rings. The van der Waals surface area contributed by atoms with Crippen molar-refractivity contribution in [2.75, 3.05) is 31.1 Å². The van der Waals surface area contributed by atoms with E-state index in [4.69, 9.17) is 0 Å². The topological polar surface area (TPSA) is 23.6 Å². The lowest BCUT2D eigenvalue weighted by Crippen LogP contribution is -2.32. The van der Waals surface area contributed by atoms with Crippen LogP contribution in [-0.2, 0) is 0 Å². The predicted molar refractivity (Wildman–Crippen MR) is 120 cm³/mol. The average molecular weight is 393 g/mol. The van der Waals surface area contributed by atoms with Crippen molar-refractivity contribution in [1.29, 1.82) is 0 Å². The monoisotopic (exact) mass is 392 g/mol. The zero-order chi connectivity index (χ0) is 19.5.